The number of carbonyl (C=O) groups excluding carboxylic acids is 2. The van der Waals surface area contributed by atoms with E-state index in [0.717, 1.165) is 29.7 Å². The normalized spacial score (nSPS) is 28.0. The number of amides is 2. The number of benzene rings is 1. The highest BCUT2D eigenvalue weighted by molar-refractivity contribution is 9.10. The Morgan fingerprint density at radius 3 is 3.00 bits per heavy atom. The summed E-state index contributed by atoms with van der Waals surface area (Å²) in [6, 6.07) is 7.84. The van der Waals surface area contributed by atoms with Gasteiger partial charge in [-0.1, -0.05) is 28.9 Å². The third-order valence-electron chi connectivity index (χ3n) is 4.73. The van der Waals surface area contributed by atoms with Crippen molar-refractivity contribution in [3.05, 3.63) is 28.7 Å². The summed E-state index contributed by atoms with van der Waals surface area (Å²) in [5.41, 5.74) is 0.843. The van der Waals surface area contributed by atoms with Crippen LogP contribution in [0.5, 0.6) is 0 Å². The summed E-state index contributed by atoms with van der Waals surface area (Å²) in [6.07, 6.45) is 1.24. The second kappa shape index (κ2) is 7.01. The number of piperidine rings is 1. The van der Waals surface area contributed by atoms with Crippen LogP contribution in [0.3, 0.4) is 0 Å². The van der Waals surface area contributed by atoms with Crippen LogP contribution in [0.1, 0.15) is 19.8 Å². The van der Waals surface area contributed by atoms with Gasteiger partial charge in [-0.2, -0.15) is 0 Å². The lowest BCUT2D eigenvalue weighted by molar-refractivity contribution is -0.127. The van der Waals surface area contributed by atoms with Crippen molar-refractivity contribution in [3.63, 3.8) is 0 Å². The minimum Gasteiger partial charge on any atom is -0.353 e. The van der Waals surface area contributed by atoms with Crippen molar-refractivity contribution in [2.24, 2.45) is 11.8 Å². The molecule has 5 nitrogen and oxygen atoms in total. The van der Waals surface area contributed by atoms with Crippen LogP contribution in [0.25, 0.3) is 0 Å². The van der Waals surface area contributed by atoms with Gasteiger partial charge < -0.3 is 15.5 Å². The summed E-state index contributed by atoms with van der Waals surface area (Å²) in [5, 5.41) is 6.48. The molecule has 2 saturated heterocycles. The lowest BCUT2D eigenvalue weighted by Crippen LogP contribution is -2.50. The summed E-state index contributed by atoms with van der Waals surface area (Å²) in [7, 11) is 0. The number of hydrogen-bond acceptors (Lipinski definition) is 3. The van der Waals surface area contributed by atoms with E-state index in [9.17, 15) is 9.59 Å². The van der Waals surface area contributed by atoms with E-state index in [-0.39, 0.29) is 30.2 Å². The van der Waals surface area contributed by atoms with Crippen LogP contribution in [0.4, 0.5) is 5.69 Å². The van der Waals surface area contributed by atoms with Crippen molar-refractivity contribution in [2.45, 2.75) is 25.8 Å². The number of nitrogens with zero attached hydrogens (tertiary/aromatic N) is 1. The van der Waals surface area contributed by atoms with Gasteiger partial charge in [-0.25, -0.2) is 0 Å². The second-order valence-electron chi connectivity index (χ2n) is 6.47. The highest BCUT2D eigenvalue weighted by atomic mass is 79.9. The maximum absolute atomic E-state index is 12.5. The molecule has 2 heterocycles. The first-order chi connectivity index (χ1) is 11.0. The molecule has 2 amide bonds. The lowest BCUT2D eigenvalue weighted by Gasteiger charge is -2.31. The summed E-state index contributed by atoms with van der Waals surface area (Å²) in [6.45, 7) is 4.47. The van der Waals surface area contributed by atoms with Gasteiger partial charge in [-0.3, -0.25) is 9.59 Å². The van der Waals surface area contributed by atoms with Gasteiger partial charge in [0, 0.05) is 29.2 Å². The predicted molar refractivity (Wildman–Crippen MR) is 93.2 cm³/mol. The van der Waals surface area contributed by atoms with Crippen LogP contribution in [-0.2, 0) is 9.59 Å². The Kier molecular flexibility index (Phi) is 5.02. The predicted octanol–water partition coefficient (Wildman–Crippen LogP) is 1.92. The Labute approximate surface area is 144 Å². The highest BCUT2D eigenvalue weighted by Crippen LogP contribution is 2.27. The first-order valence-corrected chi connectivity index (χ1v) is 8.91. The van der Waals surface area contributed by atoms with E-state index < -0.39 is 0 Å². The third-order valence-corrected chi connectivity index (χ3v) is 5.22. The zero-order chi connectivity index (χ0) is 16.4. The van der Waals surface area contributed by atoms with Gasteiger partial charge in [0.1, 0.15) is 0 Å². The fraction of sp³-hybridized carbons (Fsp3) is 0.529. The molecule has 1 aromatic rings. The summed E-state index contributed by atoms with van der Waals surface area (Å²) in [5.74, 6) is 0.186. The molecular weight excluding hydrogens is 358 g/mol. The van der Waals surface area contributed by atoms with Crippen LogP contribution in [0, 0.1) is 11.8 Å². The number of anilines is 1. The highest BCUT2D eigenvalue weighted by Gasteiger charge is 2.36. The van der Waals surface area contributed by atoms with Crippen molar-refractivity contribution in [1.29, 1.82) is 0 Å². The molecule has 2 aliphatic heterocycles. The average molecular weight is 380 g/mol. The second-order valence-corrected chi connectivity index (χ2v) is 7.39. The van der Waals surface area contributed by atoms with Gasteiger partial charge in [0.15, 0.2) is 0 Å². The summed E-state index contributed by atoms with van der Waals surface area (Å²) in [4.78, 5) is 26.5. The molecule has 2 aliphatic rings. The molecule has 3 unspecified atom stereocenters. The largest absolute Gasteiger partial charge is 0.353 e. The average Bonchev–Trinajstić information content (AvgIpc) is 2.92. The Morgan fingerprint density at radius 1 is 1.43 bits per heavy atom. The van der Waals surface area contributed by atoms with Gasteiger partial charge in [-0.05, 0) is 43.6 Å². The van der Waals surface area contributed by atoms with Gasteiger partial charge in [0.2, 0.25) is 11.8 Å². The Bertz CT molecular complexity index is 607. The molecule has 0 spiro atoms. The van der Waals surface area contributed by atoms with Crippen LogP contribution in [0.15, 0.2) is 28.7 Å². The van der Waals surface area contributed by atoms with Crippen LogP contribution in [-0.4, -0.2) is 37.5 Å². The molecule has 2 fully saturated rings. The minimum absolute atomic E-state index is 0.00889. The van der Waals surface area contributed by atoms with E-state index in [4.69, 9.17) is 0 Å². The molecule has 3 atom stereocenters. The molecule has 3 rings (SSSR count). The monoisotopic (exact) mass is 379 g/mol. The fourth-order valence-electron chi connectivity index (χ4n) is 3.31. The molecule has 0 bridgehead atoms. The van der Waals surface area contributed by atoms with Crippen molar-refractivity contribution in [2.75, 3.05) is 24.5 Å². The van der Waals surface area contributed by atoms with E-state index in [1.165, 1.54) is 0 Å². The van der Waals surface area contributed by atoms with Gasteiger partial charge >= 0.3 is 0 Å². The van der Waals surface area contributed by atoms with E-state index in [0.29, 0.717) is 12.5 Å². The molecule has 124 valence electrons. The molecule has 23 heavy (non-hydrogen) atoms. The topological polar surface area (TPSA) is 61.4 Å². The molecule has 2 N–H and O–H groups in total. The summed E-state index contributed by atoms with van der Waals surface area (Å²) >= 11 is 3.42. The van der Waals surface area contributed by atoms with Gasteiger partial charge in [0.25, 0.3) is 0 Å². The van der Waals surface area contributed by atoms with Crippen molar-refractivity contribution in [3.8, 4) is 0 Å². The number of carbonyl (C=O) groups is 2. The molecule has 6 heteroatoms. The molecular formula is C17H22BrN3O2. The Hall–Kier alpha value is -1.40. The van der Waals surface area contributed by atoms with Gasteiger partial charge in [0.05, 0.1) is 5.92 Å². The summed E-state index contributed by atoms with van der Waals surface area (Å²) < 4.78 is 0.930. The zero-order valence-electron chi connectivity index (χ0n) is 13.2. The maximum atomic E-state index is 12.5. The number of hydrogen-bond donors (Lipinski definition) is 2. The Balaban J connectivity index is 1.63. The fourth-order valence-corrected chi connectivity index (χ4v) is 3.69. The van der Waals surface area contributed by atoms with Crippen LogP contribution < -0.4 is 15.5 Å². The van der Waals surface area contributed by atoms with Crippen LogP contribution in [0.2, 0.25) is 0 Å². The molecule has 0 radical (unpaired) electrons. The molecule has 0 saturated carbocycles. The minimum atomic E-state index is -0.261. The van der Waals surface area contributed by atoms with Crippen molar-refractivity contribution < 1.29 is 9.59 Å². The third kappa shape index (κ3) is 3.75. The SMILES string of the molecule is CC1CNCCC1NC(=O)C1CC(=O)N(c2cccc(Br)c2)C1. The van der Waals surface area contributed by atoms with E-state index in [2.05, 4.69) is 33.5 Å². The van der Waals surface area contributed by atoms with E-state index >= 15 is 0 Å². The first kappa shape index (κ1) is 16.5. The Morgan fingerprint density at radius 2 is 2.26 bits per heavy atom. The van der Waals surface area contributed by atoms with Crippen molar-refractivity contribution >= 4 is 33.4 Å². The quantitative estimate of drug-likeness (QED) is 0.843. The molecule has 1 aromatic carbocycles. The smallest absolute Gasteiger partial charge is 0.227 e. The first-order valence-electron chi connectivity index (χ1n) is 8.11. The van der Waals surface area contributed by atoms with E-state index in [1.54, 1.807) is 4.90 Å². The number of nitrogens with one attached hydrogen (secondary N) is 2. The van der Waals surface area contributed by atoms with Crippen LogP contribution >= 0.6 is 15.9 Å². The molecule has 0 aromatic heterocycles. The zero-order valence-corrected chi connectivity index (χ0v) is 14.8. The van der Waals surface area contributed by atoms with E-state index in [1.807, 2.05) is 24.3 Å². The van der Waals surface area contributed by atoms with Crippen molar-refractivity contribution in [1.82, 2.24) is 10.6 Å². The number of halogens is 1. The number of rotatable bonds is 3. The standard InChI is InChI=1S/C17H22BrN3O2/c1-11-9-19-6-5-15(11)20-17(23)12-7-16(22)21(10-12)14-4-2-3-13(18)8-14/h2-4,8,11-12,15,19H,5-7,9-10H2,1H3,(H,20,23). The lowest BCUT2D eigenvalue weighted by atomic mass is 9.94. The molecule has 0 aliphatic carbocycles. The van der Waals surface area contributed by atoms with Gasteiger partial charge in [-0.15, -0.1) is 0 Å². The maximum Gasteiger partial charge on any atom is 0.227 e.